The van der Waals surface area contributed by atoms with Crippen LogP contribution < -0.4 is 0 Å². The van der Waals surface area contributed by atoms with Crippen molar-refractivity contribution in [2.75, 3.05) is 32.8 Å². The Morgan fingerprint density at radius 2 is 1.89 bits per heavy atom. The van der Waals surface area contributed by atoms with Crippen LogP contribution >= 0.6 is 0 Å². The van der Waals surface area contributed by atoms with E-state index in [0.29, 0.717) is 39.1 Å². The maximum atomic E-state index is 13.6. The number of amides is 2. The van der Waals surface area contributed by atoms with E-state index in [0.717, 1.165) is 17.5 Å². The molecule has 2 aliphatic heterocycles. The van der Waals surface area contributed by atoms with Crippen LogP contribution in [0, 0.1) is 11.7 Å². The molecule has 0 aliphatic carbocycles. The van der Waals surface area contributed by atoms with E-state index in [1.54, 1.807) is 15.9 Å². The van der Waals surface area contributed by atoms with Crippen molar-refractivity contribution in [1.82, 2.24) is 9.80 Å². The van der Waals surface area contributed by atoms with Gasteiger partial charge in [-0.1, -0.05) is 42.5 Å². The zero-order valence-electron chi connectivity index (χ0n) is 20.6. The molecule has 2 amide bonds. The van der Waals surface area contributed by atoms with Gasteiger partial charge < -0.3 is 19.3 Å². The predicted octanol–water partition coefficient (Wildman–Crippen LogP) is 3.83. The zero-order valence-corrected chi connectivity index (χ0v) is 20.6. The Balaban J connectivity index is 1.47. The van der Waals surface area contributed by atoms with E-state index < -0.39 is 0 Å². The summed E-state index contributed by atoms with van der Waals surface area (Å²) in [6, 6.07) is 16.3. The summed E-state index contributed by atoms with van der Waals surface area (Å²) in [5.41, 5.74) is 1.52. The Morgan fingerprint density at radius 1 is 1.11 bits per heavy atom. The number of carbonyl (C=O) groups is 2. The van der Waals surface area contributed by atoms with Gasteiger partial charge in [-0.25, -0.2) is 4.39 Å². The second-order valence-corrected chi connectivity index (χ2v) is 10.2. The molecule has 0 unspecified atom stereocenters. The van der Waals surface area contributed by atoms with Crippen LogP contribution in [-0.4, -0.2) is 66.1 Å². The molecule has 7 heteroatoms. The van der Waals surface area contributed by atoms with Gasteiger partial charge in [0.05, 0.1) is 24.9 Å². The third kappa shape index (κ3) is 7.12. The smallest absolute Gasteiger partial charge is 0.242 e. The second kappa shape index (κ2) is 11.3. The van der Waals surface area contributed by atoms with Crippen molar-refractivity contribution in [3.63, 3.8) is 0 Å². The van der Waals surface area contributed by atoms with Gasteiger partial charge in [0.25, 0.3) is 0 Å². The van der Waals surface area contributed by atoms with Gasteiger partial charge in [0, 0.05) is 32.2 Å². The average Bonchev–Trinajstić information content (AvgIpc) is 2.99. The van der Waals surface area contributed by atoms with E-state index in [9.17, 15) is 14.0 Å². The molecule has 2 heterocycles. The number of ether oxygens (including phenoxy) is 2. The molecule has 4 rings (SSSR count). The van der Waals surface area contributed by atoms with Crippen molar-refractivity contribution in [3.05, 3.63) is 71.5 Å². The molecule has 35 heavy (non-hydrogen) atoms. The molecule has 2 atom stereocenters. The molecule has 0 bridgehead atoms. The van der Waals surface area contributed by atoms with Gasteiger partial charge in [-0.3, -0.25) is 9.59 Å². The third-order valence-electron chi connectivity index (χ3n) is 6.77. The molecule has 0 radical (unpaired) electrons. The van der Waals surface area contributed by atoms with Gasteiger partial charge in [-0.15, -0.1) is 0 Å². The maximum Gasteiger partial charge on any atom is 0.242 e. The fourth-order valence-corrected chi connectivity index (χ4v) is 4.92. The van der Waals surface area contributed by atoms with Gasteiger partial charge in [0.1, 0.15) is 5.82 Å². The molecule has 2 saturated heterocycles. The van der Waals surface area contributed by atoms with Crippen molar-refractivity contribution in [2.24, 2.45) is 5.92 Å². The van der Waals surface area contributed by atoms with Crippen LogP contribution in [0.1, 0.15) is 37.8 Å². The minimum Gasteiger partial charge on any atom is -0.376 e. The molecule has 0 aromatic heterocycles. The number of rotatable bonds is 7. The number of halogens is 1. The van der Waals surface area contributed by atoms with Crippen LogP contribution in [0.4, 0.5) is 4.39 Å². The molecule has 0 saturated carbocycles. The Kier molecular flexibility index (Phi) is 8.19. The third-order valence-corrected chi connectivity index (χ3v) is 6.77. The molecule has 2 fully saturated rings. The SMILES string of the molecule is CC1(C)C[C@H](C(=O)N2CC(=O)N(CCc3ccccc3)C[C@H](OCc3cccc(F)c3)C2)CCO1. The molecular weight excluding hydrogens is 447 g/mol. The van der Waals surface area contributed by atoms with Crippen LogP contribution in [0.2, 0.25) is 0 Å². The highest BCUT2D eigenvalue weighted by Crippen LogP contribution is 2.30. The molecule has 2 aliphatic rings. The average molecular weight is 483 g/mol. The monoisotopic (exact) mass is 482 g/mol. The molecule has 2 aromatic carbocycles. The van der Waals surface area contributed by atoms with E-state index in [2.05, 4.69) is 0 Å². The summed E-state index contributed by atoms with van der Waals surface area (Å²) in [5.74, 6) is -0.576. The predicted molar refractivity (Wildman–Crippen MR) is 131 cm³/mol. The van der Waals surface area contributed by atoms with Crippen LogP contribution in [0.3, 0.4) is 0 Å². The fourth-order valence-electron chi connectivity index (χ4n) is 4.92. The molecule has 0 N–H and O–H groups in total. The number of benzene rings is 2. The summed E-state index contributed by atoms with van der Waals surface area (Å²) in [7, 11) is 0. The van der Waals surface area contributed by atoms with Crippen LogP contribution in [0.15, 0.2) is 54.6 Å². The minimum atomic E-state index is -0.364. The van der Waals surface area contributed by atoms with Crippen LogP contribution in [0.5, 0.6) is 0 Å². The summed E-state index contributed by atoms with van der Waals surface area (Å²) in [4.78, 5) is 30.2. The first kappa shape index (κ1) is 25.3. The molecule has 6 nitrogen and oxygen atoms in total. The van der Waals surface area contributed by atoms with Gasteiger partial charge in [-0.2, -0.15) is 0 Å². The highest BCUT2D eigenvalue weighted by Gasteiger charge is 2.38. The maximum absolute atomic E-state index is 13.6. The van der Waals surface area contributed by atoms with Gasteiger partial charge in [0.15, 0.2) is 0 Å². The fraction of sp³-hybridized carbons (Fsp3) is 0.500. The Bertz CT molecular complexity index is 1010. The summed E-state index contributed by atoms with van der Waals surface area (Å²) in [5, 5.41) is 0. The summed E-state index contributed by atoms with van der Waals surface area (Å²) in [6.45, 7) is 6.07. The summed E-state index contributed by atoms with van der Waals surface area (Å²) in [6.07, 6.45) is 1.64. The Labute approximate surface area is 207 Å². The lowest BCUT2D eigenvalue weighted by Gasteiger charge is -2.37. The van der Waals surface area contributed by atoms with Crippen molar-refractivity contribution < 1.29 is 23.5 Å². The van der Waals surface area contributed by atoms with E-state index >= 15 is 0 Å². The number of hydrogen-bond acceptors (Lipinski definition) is 4. The van der Waals surface area contributed by atoms with Crippen molar-refractivity contribution in [1.29, 1.82) is 0 Å². The van der Waals surface area contributed by atoms with Crippen molar-refractivity contribution >= 4 is 11.8 Å². The highest BCUT2D eigenvalue weighted by atomic mass is 19.1. The first-order chi connectivity index (χ1) is 16.8. The van der Waals surface area contributed by atoms with E-state index in [-0.39, 0.29) is 48.4 Å². The molecule has 0 spiro atoms. The van der Waals surface area contributed by atoms with E-state index in [1.165, 1.54) is 12.1 Å². The quantitative estimate of drug-likeness (QED) is 0.602. The number of hydrogen-bond donors (Lipinski definition) is 0. The van der Waals surface area contributed by atoms with Gasteiger partial charge in [0.2, 0.25) is 11.8 Å². The Morgan fingerprint density at radius 3 is 2.63 bits per heavy atom. The minimum absolute atomic E-state index is 0.0148. The first-order valence-corrected chi connectivity index (χ1v) is 12.4. The van der Waals surface area contributed by atoms with Crippen LogP contribution in [-0.2, 0) is 32.1 Å². The normalized spacial score (nSPS) is 22.7. The lowest BCUT2D eigenvalue weighted by Crippen LogP contribution is -2.46. The Hall–Kier alpha value is -2.77. The van der Waals surface area contributed by atoms with Gasteiger partial charge >= 0.3 is 0 Å². The summed E-state index contributed by atoms with van der Waals surface area (Å²) >= 11 is 0. The standard InChI is InChI=1S/C28H35FN2O4/c1-28(2)16-23(12-14-35-28)27(33)31-18-25(34-20-22-9-6-10-24(29)15-22)17-30(26(32)19-31)13-11-21-7-4-3-5-8-21/h3-10,15,23,25H,11-14,16-20H2,1-2H3/t23-,25+/m1/s1. The number of carbonyl (C=O) groups excluding carboxylic acids is 2. The molecular formula is C28H35FN2O4. The topological polar surface area (TPSA) is 59.1 Å². The second-order valence-electron chi connectivity index (χ2n) is 10.2. The van der Waals surface area contributed by atoms with Crippen molar-refractivity contribution in [3.8, 4) is 0 Å². The van der Waals surface area contributed by atoms with Crippen LogP contribution in [0.25, 0.3) is 0 Å². The van der Waals surface area contributed by atoms with Crippen molar-refractivity contribution in [2.45, 2.75) is 51.4 Å². The molecule has 188 valence electrons. The largest absolute Gasteiger partial charge is 0.376 e. The first-order valence-electron chi connectivity index (χ1n) is 12.4. The van der Waals surface area contributed by atoms with E-state index in [4.69, 9.17) is 9.47 Å². The summed E-state index contributed by atoms with van der Waals surface area (Å²) < 4.78 is 25.6. The van der Waals surface area contributed by atoms with E-state index in [1.807, 2.05) is 50.2 Å². The zero-order chi connectivity index (χ0) is 24.8. The lowest BCUT2D eigenvalue weighted by molar-refractivity contribution is -0.149. The number of nitrogens with zero attached hydrogens (tertiary/aromatic N) is 2. The highest BCUT2D eigenvalue weighted by molar-refractivity contribution is 5.86. The van der Waals surface area contributed by atoms with Gasteiger partial charge in [-0.05, 0) is 56.4 Å². The lowest BCUT2D eigenvalue weighted by atomic mass is 9.87. The molecule has 2 aromatic rings.